The van der Waals surface area contributed by atoms with E-state index in [0.29, 0.717) is 25.1 Å². The third kappa shape index (κ3) is 3.62. The molecule has 0 radical (unpaired) electrons. The molecule has 1 rings (SSSR count). The van der Waals surface area contributed by atoms with Gasteiger partial charge in [0.15, 0.2) is 0 Å². The Balaban J connectivity index is 2.70. The van der Waals surface area contributed by atoms with Gasteiger partial charge in [-0.25, -0.2) is 0 Å². The summed E-state index contributed by atoms with van der Waals surface area (Å²) < 4.78 is 17.7. The van der Waals surface area contributed by atoms with Gasteiger partial charge in [0.2, 0.25) is 0 Å². The maximum absolute atomic E-state index is 5.89. The summed E-state index contributed by atoms with van der Waals surface area (Å²) in [6, 6.07) is 0. The summed E-state index contributed by atoms with van der Waals surface area (Å²) in [5, 5.41) is 0.473. The molecule has 1 aliphatic rings. The largest absolute Gasteiger partial charge is 0.292 e. The lowest BCUT2D eigenvalue weighted by atomic mass is 10.0. The molecule has 0 heterocycles. The van der Waals surface area contributed by atoms with Gasteiger partial charge in [-0.15, -0.1) is 0 Å². The molecule has 0 spiro atoms. The molecule has 98 valence electrons. The molecule has 16 heavy (non-hydrogen) atoms. The van der Waals surface area contributed by atoms with Gasteiger partial charge in [-0.1, -0.05) is 19.3 Å². The van der Waals surface area contributed by atoms with Gasteiger partial charge in [-0.3, -0.25) is 12.5 Å². The smallest absolute Gasteiger partial charge is 0.0918 e. The van der Waals surface area contributed by atoms with Crippen LogP contribution in [0.5, 0.6) is 0 Å². The van der Waals surface area contributed by atoms with Crippen LogP contribution in [0.2, 0.25) is 0 Å². The quantitative estimate of drug-likeness (QED) is 0.684. The predicted molar refractivity (Wildman–Crippen MR) is 69.3 cm³/mol. The molecule has 0 amide bonds. The van der Waals surface area contributed by atoms with Gasteiger partial charge in [0.25, 0.3) is 0 Å². The first-order valence-electron chi connectivity index (χ1n) is 6.54. The van der Waals surface area contributed by atoms with Crippen molar-refractivity contribution < 1.29 is 12.5 Å². The third-order valence-corrected chi connectivity index (χ3v) is 5.79. The van der Waals surface area contributed by atoms with Crippen LogP contribution in [0.4, 0.5) is 0 Å². The van der Waals surface area contributed by atoms with Crippen LogP contribution in [0.25, 0.3) is 0 Å². The first-order valence-corrected chi connectivity index (χ1v) is 8.01. The normalized spacial score (nSPS) is 19.9. The molecule has 3 nitrogen and oxygen atoms in total. The van der Waals surface area contributed by atoms with Crippen molar-refractivity contribution in [3.05, 3.63) is 0 Å². The Morgan fingerprint density at radius 2 is 1.25 bits per heavy atom. The molecule has 1 aliphatic carbocycles. The molecular formula is C12H26O3S. The first-order chi connectivity index (χ1) is 7.79. The van der Waals surface area contributed by atoms with Crippen molar-refractivity contribution in [1.29, 1.82) is 0 Å². The second kappa shape index (κ2) is 7.54. The van der Waals surface area contributed by atoms with Crippen LogP contribution in [0.1, 0.15) is 52.9 Å². The SMILES string of the molecule is CCOS(OCC)(OCC)C1CCCCC1. The van der Waals surface area contributed by atoms with Gasteiger partial charge in [-0.2, -0.15) is 0 Å². The van der Waals surface area contributed by atoms with Crippen molar-refractivity contribution in [2.45, 2.75) is 58.1 Å². The van der Waals surface area contributed by atoms with Crippen molar-refractivity contribution in [3.8, 4) is 0 Å². The highest BCUT2D eigenvalue weighted by Crippen LogP contribution is 2.59. The summed E-state index contributed by atoms with van der Waals surface area (Å²) in [7, 11) is -1.75. The van der Waals surface area contributed by atoms with E-state index in [1.54, 1.807) is 0 Å². The van der Waals surface area contributed by atoms with Gasteiger partial charge in [0.05, 0.1) is 35.9 Å². The summed E-state index contributed by atoms with van der Waals surface area (Å²) in [5.74, 6) is 0. The zero-order valence-corrected chi connectivity index (χ0v) is 11.7. The standard InChI is InChI=1S/C12H26O3S/c1-4-13-16(14-5-2,15-6-3)12-10-8-7-9-11-12/h12H,4-11H2,1-3H3. The number of hydrogen-bond donors (Lipinski definition) is 0. The van der Waals surface area contributed by atoms with Crippen LogP contribution in [0.15, 0.2) is 0 Å². The van der Waals surface area contributed by atoms with E-state index in [0.717, 1.165) is 0 Å². The fourth-order valence-electron chi connectivity index (χ4n) is 2.24. The highest BCUT2D eigenvalue weighted by atomic mass is 32.3. The van der Waals surface area contributed by atoms with Gasteiger partial charge in [0, 0.05) is 0 Å². The van der Waals surface area contributed by atoms with E-state index in [1.807, 2.05) is 20.8 Å². The van der Waals surface area contributed by atoms with Crippen molar-refractivity contribution >= 4 is 10.9 Å². The Kier molecular flexibility index (Phi) is 6.73. The third-order valence-electron chi connectivity index (χ3n) is 2.81. The fraction of sp³-hybridized carbons (Fsp3) is 1.00. The summed E-state index contributed by atoms with van der Waals surface area (Å²) in [6.07, 6.45) is 6.29. The minimum atomic E-state index is -1.75. The molecule has 0 N–H and O–H groups in total. The van der Waals surface area contributed by atoms with E-state index in [1.165, 1.54) is 32.1 Å². The summed E-state index contributed by atoms with van der Waals surface area (Å²) in [4.78, 5) is 0. The monoisotopic (exact) mass is 250 g/mol. The Morgan fingerprint density at radius 1 is 0.812 bits per heavy atom. The zero-order chi connectivity index (χ0) is 11.9. The van der Waals surface area contributed by atoms with Crippen molar-refractivity contribution in [1.82, 2.24) is 0 Å². The molecule has 0 aliphatic heterocycles. The topological polar surface area (TPSA) is 27.7 Å². The molecular weight excluding hydrogens is 224 g/mol. The van der Waals surface area contributed by atoms with E-state index >= 15 is 0 Å². The van der Waals surface area contributed by atoms with Crippen molar-refractivity contribution in [2.24, 2.45) is 0 Å². The van der Waals surface area contributed by atoms with Crippen LogP contribution in [0, 0.1) is 0 Å². The van der Waals surface area contributed by atoms with Crippen LogP contribution < -0.4 is 0 Å². The van der Waals surface area contributed by atoms with Gasteiger partial charge in [0.1, 0.15) is 0 Å². The van der Waals surface area contributed by atoms with Crippen LogP contribution >= 0.6 is 10.9 Å². The maximum atomic E-state index is 5.89. The average Bonchev–Trinajstić information content (AvgIpc) is 2.31. The highest BCUT2D eigenvalue weighted by molar-refractivity contribution is 8.22. The van der Waals surface area contributed by atoms with Crippen molar-refractivity contribution in [3.63, 3.8) is 0 Å². The highest BCUT2D eigenvalue weighted by Gasteiger charge is 2.37. The molecule has 0 unspecified atom stereocenters. The molecule has 0 bridgehead atoms. The molecule has 0 aromatic rings. The van der Waals surface area contributed by atoms with E-state index in [4.69, 9.17) is 12.5 Å². The Morgan fingerprint density at radius 3 is 1.62 bits per heavy atom. The summed E-state index contributed by atoms with van der Waals surface area (Å²) in [5.41, 5.74) is 0. The molecule has 1 saturated carbocycles. The molecule has 0 atom stereocenters. The predicted octanol–water partition coefficient (Wildman–Crippen LogP) is 3.98. The Hall–Kier alpha value is 0.230. The van der Waals surface area contributed by atoms with E-state index < -0.39 is 10.9 Å². The van der Waals surface area contributed by atoms with Gasteiger partial charge >= 0.3 is 0 Å². The molecule has 4 heteroatoms. The van der Waals surface area contributed by atoms with Crippen LogP contribution in [-0.2, 0) is 12.5 Å². The molecule has 1 fully saturated rings. The fourth-order valence-corrected chi connectivity index (χ4v) is 4.92. The van der Waals surface area contributed by atoms with Crippen LogP contribution in [-0.4, -0.2) is 25.1 Å². The first kappa shape index (κ1) is 14.3. The lowest BCUT2D eigenvalue weighted by molar-refractivity contribution is 0.173. The van der Waals surface area contributed by atoms with Gasteiger partial charge in [-0.05, 0) is 33.6 Å². The van der Waals surface area contributed by atoms with Gasteiger partial charge < -0.3 is 0 Å². The van der Waals surface area contributed by atoms with E-state index in [9.17, 15) is 0 Å². The molecule has 0 saturated heterocycles. The lowest BCUT2D eigenvalue weighted by Crippen LogP contribution is -2.27. The number of rotatable bonds is 7. The molecule has 0 aromatic heterocycles. The van der Waals surface area contributed by atoms with Crippen LogP contribution in [0.3, 0.4) is 0 Å². The van der Waals surface area contributed by atoms with E-state index in [2.05, 4.69) is 0 Å². The Bertz CT molecular complexity index is 164. The average molecular weight is 250 g/mol. The minimum absolute atomic E-state index is 0.473. The second-order valence-corrected chi connectivity index (χ2v) is 6.33. The van der Waals surface area contributed by atoms with E-state index in [-0.39, 0.29) is 0 Å². The number of hydrogen-bond acceptors (Lipinski definition) is 3. The minimum Gasteiger partial charge on any atom is -0.292 e. The summed E-state index contributed by atoms with van der Waals surface area (Å²) in [6.45, 7) is 8.07. The second-order valence-electron chi connectivity index (χ2n) is 3.97. The zero-order valence-electron chi connectivity index (χ0n) is 10.9. The molecule has 0 aromatic carbocycles. The lowest BCUT2D eigenvalue weighted by Gasteiger charge is -2.44. The summed E-state index contributed by atoms with van der Waals surface area (Å²) >= 11 is 0. The maximum Gasteiger partial charge on any atom is 0.0918 e. The van der Waals surface area contributed by atoms with Crippen molar-refractivity contribution in [2.75, 3.05) is 19.8 Å². The Labute approximate surface area is 102 Å².